The Morgan fingerprint density at radius 1 is 0.962 bits per heavy atom. The number of hydrogen-bond acceptors (Lipinski definition) is 4. The number of nitrogens with zero attached hydrogens (tertiary/aromatic N) is 2. The van der Waals surface area contributed by atoms with E-state index >= 15 is 0 Å². The molecule has 0 bridgehead atoms. The summed E-state index contributed by atoms with van der Waals surface area (Å²) in [6.45, 7) is 4.89. The fourth-order valence-corrected chi connectivity index (χ4v) is 4.34. The Kier molecular flexibility index (Phi) is 5.65. The highest BCUT2D eigenvalue weighted by Crippen LogP contribution is 2.34. The Labute approximate surface area is 156 Å². The molecule has 2 aromatic rings. The minimum absolute atomic E-state index is 0.234. The highest BCUT2D eigenvalue weighted by molar-refractivity contribution is 5.32. The predicted molar refractivity (Wildman–Crippen MR) is 103 cm³/mol. The zero-order valence-corrected chi connectivity index (χ0v) is 15.2. The lowest BCUT2D eigenvalue weighted by Gasteiger charge is -2.52. The van der Waals surface area contributed by atoms with E-state index in [4.69, 9.17) is 4.74 Å². The summed E-state index contributed by atoms with van der Waals surface area (Å²) >= 11 is 0. The van der Waals surface area contributed by atoms with Crippen molar-refractivity contribution in [2.75, 3.05) is 39.5 Å². The van der Waals surface area contributed by atoms with Crippen molar-refractivity contribution < 1.29 is 9.84 Å². The van der Waals surface area contributed by atoms with Gasteiger partial charge in [0.1, 0.15) is 0 Å². The lowest BCUT2D eigenvalue weighted by Crippen LogP contribution is -2.64. The first kappa shape index (κ1) is 17.7. The Bertz CT molecular complexity index is 632. The van der Waals surface area contributed by atoms with Crippen LogP contribution in [0.3, 0.4) is 0 Å². The molecule has 4 nitrogen and oxygen atoms in total. The van der Waals surface area contributed by atoms with E-state index in [1.54, 1.807) is 0 Å². The van der Waals surface area contributed by atoms with Crippen molar-refractivity contribution in [3.05, 3.63) is 71.8 Å². The van der Waals surface area contributed by atoms with Gasteiger partial charge in [0.15, 0.2) is 0 Å². The van der Waals surface area contributed by atoms with Gasteiger partial charge in [0.2, 0.25) is 0 Å². The number of aliphatic hydroxyl groups excluding tert-OH is 1. The molecule has 4 rings (SSSR count). The molecule has 1 N–H and O–H groups in total. The molecule has 0 amide bonds. The van der Waals surface area contributed by atoms with Crippen LogP contribution in [0.25, 0.3) is 0 Å². The molecular formula is C22H28N2O2. The zero-order chi connectivity index (χ0) is 17.8. The van der Waals surface area contributed by atoms with Crippen LogP contribution >= 0.6 is 0 Å². The molecule has 2 heterocycles. The second-order valence-corrected chi connectivity index (χ2v) is 7.31. The van der Waals surface area contributed by atoms with Crippen LogP contribution in [0, 0.1) is 0 Å². The first-order valence-corrected chi connectivity index (χ1v) is 9.65. The van der Waals surface area contributed by atoms with Crippen LogP contribution in [-0.2, 0) is 4.74 Å². The standard InChI is InChI=1S/C22H28N2O2/c25-13-11-20-17-26-14-12-24(20)21-15-23(16-21)22(18-7-3-1-4-8-18)19-9-5-2-6-10-19/h1-10,20-22,25H,11-17H2. The minimum Gasteiger partial charge on any atom is -0.396 e. The molecule has 0 saturated carbocycles. The van der Waals surface area contributed by atoms with E-state index in [9.17, 15) is 5.11 Å². The minimum atomic E-state index is 0.234. The molecule has 0 spiro atoms. The van der Waals surface area contributed by atoms with Gasteiger partial charge >= 0.3 is 0 Å². The van der Waals surface area contributed by atoms with Gasteiger partial charge in [-0.1, -0.05) is 60.7 Å². The summed E-state index contributed by atoms with van der Waals surface area (Å²) < 4.78 is 5.63. The molecule has 0 aromatic heterocycles. The first-order chi connectivity index (χ1) is 12.9. The van der Waals surface area contributed by atoms with Gasteiger partial charge < -0.3 is 9.84 Å². The highest BCUT2D eigenvalue weighted by Gasteiger charge is 2.40. The lowest BCUT2D eigenvalue weighted by molar-refractivity contribution is -0.0794. The van der Waals surface area contributed by atoms with Crippen LogP contribution in [0.15, 0.2) is 60.7 Å². The molecule has 4 heteroatoms. The summed E-state index contributed by atoms with van der Waals surface area (Å²) in [6, 6.07) is 22.8. The fraction of sp³-hybridized carbons (Fsp3) is 0.455. The van der Waals surface area contributed by atoms with E-state index in [1.807, 2.05) is 0 Å². The van der Waals surface area contributed by atoms with E-state index in [-0.39, 0.29) is 6.61 Å². The van der Waals surface area contributed by atoms with Crippen molar-refractivity contribution in [1.29, 1.82) is 0 Å². The van der Waals surface area contributed by atoms with Crippen LogP contribution in [0.2, 0.25) is 0 Å². The third-order valence-corrected chi connectivity index (χ3v) is 5.69. The van der Waals surface area contributed by atoms with Crippen molar-refractivity contribution in [1.82, 2.24) is 9.80 Å². The number of hydrogen-bond donors (Lipinski definition) is 1. The van der Waals surface area contributed by atoms with Gasteiger partial charge in [-0.3, -0.25) is 9.80 Å². The topological polar surface area (TPSA) is 35.9 Å². The molecular weight excluding hydrogens is 324 g/mol. The maximum absolute atomic E-state index is 9.35. The third-order valence-electron chi connectivity index (χ3n) is 5.69. The Morgan fingerprint density at radius 2 is 1.58 bits per heavy atom. The number of benzene rings is 2. The average molecular weight is 352 g/mol. The van der Waals surface area contributed by atoms with Crippen molar-refractivity contribution >= 4 is 0 Å². The SMILES string of the molecule is OCCC1COCCN1C1CN(C(c2ccccc2)c2ccccc2)C1. The van der Waals surface area contributed by atoms with Gasteiger partial charge in [-0.25, -0.2) is 0 Å². The van der Waals surface area contributed by atoms with Crippen molar-refractivity contribution in [3.8, 4) is 0 Å². The fourth-order valence-electron chi connectivity index (χ4n) is 4.34. The molecule has 1 unspecified atom stereocenters. The van der Waals surface area contributed by atoms with Crippen LogP contribution in [0.4, 0.5) is 0 Å². The molecule has 138 valence electrons. The van der Waals surface area contributed by atoms with Crippen molar-refractivity contribution in [2.45, 2.75) is 24.5 Å². The molecule has 2 fully saturated rings. The first-order valence-electron chi connectivity index (χ1n) is 9.65. The number of ether oxygens (including phenoxy) is 1. The quantitative estimate of drug-likeness (QED) is 0.867. The van der Waals surface area contributed by atoms with Gasteiger partial charge in [-0.2, -0.15) is 0 Å². The van der Waals surface area contributed by atoms with E-state index in [2.05, 4.69) is 70.5 Å². The zero-order valence-electron chi connectivity index (χ0n) is 15.2. The van der Waals surface area contributed by atoms with Crippen molar-refractivity contribution in [2.24, 2.45) is 0 Å². The Balaban J connectivity index is 1.49. The van der Waals surface area contributed by atoms with Crippen LogP contribution in [0.5, 0.6) is 0 Å². The largest absolute Gasteiger partial charge is 0.396 e. The maximum atomic E-state index is 9.35. The van der Waals surface area contributed by atoms with Crippen LogP contribution in [-0.4, -0.2) is 66.4 Å². The normalized spacial score (nSPS) is 22.5. The molecule has 26 heavy (non-hydrogen) atoms. The second-order valence-electron chi connectivity index (χ2n) is 7.31. The molecule has 2 aromatic carbocycles. The Hall–Kier alpha value is -1.72. The summed E-state index contributed by atoms with van der Waals surface area (Å²) in [4.78, 5) is 5.13. The van der Waals surface area contributed by atoms with Crippen molar-refractivity contribution in [3.63, 3.8) is 0 Å². The van der Waals surface area contributed by atoms with E-state index in [1.165, 1.54) is 11.1 Å². The number of aliphatic hydroxyl groups is 1. The average Bonchev–Trinajstić information content (AvgIpc) is 2.67. The van der Waals surface area contributed by atoms with Crippen LogP contribution < -0.4 is 0 Å². The summed E-state index contributed by atoms with van der Waals surface area (Å²) in [5, 5.41) is 9.35. The number of rotatable bonds is 6. The summed E-state index contributed by atoms with van der Waals surface area (Å²) in [5.74, 6) is 0. The van der Waals surface area contributed by atoms with Gasteiger partial charge in [-0.15, -0.1) is 0 Å². The number of likely N-dealkylation sites (tertiary alicyclic amines) is 1. The molecule has 1 atom stereocenters. The van der Waals surface area contributed by atoms with Gasteiger partial charge in [-0.05, 0) is 17.5 Å². The molecule has 0 aliphatic carbocycles. The summed E-state index contributed by atoms with van der Waals surface area (Å²) in [5.41, 5.74) is 2.71. The van der Waals surface area contributed by atoms with Gasteiger partial charge in [0.25, 0.3) is 0 Å². The van der Waals surface area contributed by atoms with E-state index in [0.717, 1.165) is 39.3 Å². The number of morpholine rings is 1. The van der Waals surface area contributed by atoms with Gasteiger partial charge in [0.05, 0.1) is 19.3 Å². The van der Waals surface area contributed by atoms with Crippen LogP contribution in [0.1, 0.15) is 23.6 Å². The third kappa shape index (κ3) is 3.69. The monoisotopic (exact) mass is 352 g/mol. The van der Waals surface area contributed by atoms with E-state index < -0.39 is 0 Å². The molecule has 2 saturated heterocycles. The molecule has 2 aliphatic rings. The molecule has 2 aliphatic heterocycles. The molecule has 0 radical (unpaired) electrons. The Morgan fingerprint density at radius 3 is 2.15 bits per heavy atom. The maximum Gasteiger partial charge on any atom is 0.0623 e. The predicted octanol–water partition coefficient (Wildman–Crippen LogP) is 2.54. The summed E-state index contributed by atoms with van der Waals surface area (Å²) in [7, 11) is 0. The smallest absolute Gasteiger partial charge is 0.0623 e. The summed E-state index contributed by atoms with van der Waals surface area (Å²) in [6.07, 6.45) is 0.803. The van der Waals surface area contributed by atoms with E-state index in [0.29, 0.717) is 18.1 Å². The highest BCUT2D eigenvalue weighted by atomic mass is 16.5. The van der Waals surface area contributed by atoms with Gasteiger partial charge in [0, 0.05) is 38.3 Å². The lowest BCUT2D eigenvalue weighted by atomic mass is 9.92. The second kappa shape index (κ2) is 8.31.